The van der Waals surface area contributed by atoms with Gasteiger partial charge in [0.05, 0.1) is 18.3 Å². The summed E-state index contributed by atoms with van der Waals surface area (Å²) < 4.78 is 5.67. The normalized spacial score (nSPS) is 12.4. The Labute approximate surface area is 130 Å². The van der Waals surface area contributed by atoms with Crippen molar-refractivity contribution in [3.05, 3.63) is 54.4 Å². The summed E-state index contributed by atoms with van der Waals surface area (Å²) in [4.78, 5) is 5.45. The molecule has 0 bridgehead atoms. The number of thioether (sulfide) groups is 1. The molecule has 2 rings (SSSR count). The van der Waals surface area contributed by atoms with E-state index in [1.54, 1.807) is 18.0 Å². The highest BCUT2D eigenvalue weighted by atomic mass is 32.2. The number of nitrogens with two attached hydrogens (primary N) is 1. The predicted octanol–water partition coefficient (Wildman–Crippen LogP) is 3.17. The average molecular weight is 303 g/mol. The van der Waals surface area contributed by atoms with Crippen molar-refractivity contribution in [2.75, 3.05) is 5.75 Å². The van der Waals surface area contributed by atoms with Gasteiger partial charge in [-0.1, -0.05) is 18.2 Å². The number of benzene rings is 1. The highest BCUT2D eigenvalue weighted by Crippen LogP contribution is 2.25. The summed E-state index contributed by atoms with van der Waals surface area (Å²) in [5.74, 6) is 7.29. The third-order valence-electron chi connectivity index (χ3n) is 2.87. The van der Waals surface area contributed by atoms with Crippen LogP contribution in [-0.2, 0) is 0 Å². The van der Waals surface area contributed by atoms with Crippen LogP contribution in [0.15, 0.2) is 53.7 Å². The highest BCUT2D eigenvalue weighted by Gasteiger charge is 2.12. The molecule has 0 saturated carbocycles. The maximum absolute atomic E-state index is 5.69. The van der Waals surface area contributed by atoms with Crippen molar-refractivity contribution < 1.29 is 4.74 Å². The first-order valence-corrected chi connectivity index (χ1v) is 7.93. The molecule has 4 nitrogen and oxygen atoms in total. The van der Waals surface area contributed by atoms with Gasteiger partial charge in [-0.15, -0.1) is 11.8 Å². The smallest absolute Gasteiger partial charge is 0.138 e. The van der Waals surface area contributed by atoms with Crippen LogP contribution in [0.4, 0.5) is 0 Å². The van der Waals surface area contributed by atoms with E-state index < -0.39 is 0 Å². The minimum atomic E-state index is 0.0263. The molecule has 5 heteroatoms. The fraction of sp³-hybridized carbons (Fsp3) is 0.312. The van der Waals surface area contributed by atoms with E-state index in [9.17, 15) is 0 Å². The molecule has 1 heterocycles. The monoisotopic (exact) mass is 303 g/mol. The van der Waals surface area contributed by atoms with Crippen molar-refractivity contribution in [3.63, 3.8) is 0 Å². The number of aromatic nitrogens is 1. The van der Waals surface area contributed by atoms with Crippen LogP contribution in [0, 0.1) is 0 Å². The second-order valence-corrected chi connectivity index (χ2v) is 6.06. The number of hydrogen-bond acceptors (Lipinski definition) is 5. The Hall–Kier alpha value is -1.56. The van der Waals surface area contributed by atoms with Crippen LogP contribution in [0.1, 0.15) is 25.5 Å². The first-order valence-electron chi connectivity index (χ1n) is 6.94. The molecule has 0 aliphatic rings. The fourth-order valence-corrected chi connectivity index (χ4v) is 2.90. The number of rotatable bonds is 7. The number of hydrogen-bond donors (Lipinski definition) is 2. The quantitative estimate of drug-likeness (QED) is 0.467. The summed E-state index contributed by atoms with van der Waals surface area (Å²) in [6.07, 6.45) is 3.68. The first kappa shape index (κ1) is 15.8. The molecule has 0 fully saturated rings. The minimum absolute atomic E-state index is 0.0263. The molecule has 3 N–H and O–H groups in total. The molecule has 0 spiro atoms. The maximum atomic E-state index is 5.69. The third kappa shape index (κ3) is 5.04. The summed E-state index contributed by atoms with van der Waals surface area (Å²) in [6, 6.07) is 12.3. The Bertz CT molecular complexity index is 548. The summed E-state index contributed by atoms with van der Waals surface area (Å²) in [6.45, 7) is 3.99. The van der Waals surface area contributed by atoms with Crippen LogP contribution in [0.2, 0.25) is 0 Å². The Kier molecular flexibility index (Phi) is 6.04. The molecule has 0 aliphatic heterocycles. The number of hydrazine groups is 1. The van der Waals surface area contributed by atoms with Gasteiger partial charge in [-0.2, -0.15) is 0 Å². The second kappa shape index (κ2) is 8.02. The van der Waals surface area contributed by atoms with E-state index in [0.29, 0.717) is 0 Å². The van der Waals surface area contributed by atoms with E-state index in [1.165, 1.54) is 4.90 Å². The molecule has 1 unspecified atom stereocenters. The van der Waals surface area contributed by atoms with Gasteiger partial charge in [0.25, 0.3) is 0 Å². The fourth-order valence-electron chi connectivity index (χ4n) is 1.90. The minimum Gasteiger partial charge on any atom is -0.489 e. The zero-order valence-electron chi connectivity index (χ0n) is 12.3. The molecule has 2 aromatic rings. The van der Waals surface area contributed by atoms with E-state index in [1.807, 2.05) is 44.3 Å². The van der Waals surface area contributed by atoms with Crippen LogP contribution in [-0.4, -0.2) is 16.8 Å². The van der Waals surface area contributed by atoms with Gasteiger partial charge in [0.2, 0.25) is 0 Å². The Morgan fingerprint density at radius 2 is 2.00 bits per heavy atom. The van der Waals surface area contributed by atoms with E-state index in [4.69, 9.17) is 10.6 Å². The maximum Gasteiger partial charge on any atom is 0.138 e. The molecule has 1 atom stereocenters. The number of nitrogens with one attached hydrogen (secondary N) is 1. The van der Waals surface area contributed by atoms with E-state index in [0.717, 1.165) is 17.1 Å². The van der Waals surface area contributed by atoms with Crippen LogP contribution in [0.3, 0.4) is 0 Å². The van der Waals surface area contributed by atoms with Crippen molar-refractivity contribution in [1.29, 1.82) is 0 Å². The molecule has 0 radical (unpaired) electrons. The second-order valence-electron chi connectivity index (χ2n) is 4.96. The molecule has 112 valence electrons. The van der Waals surface area contributed by atoms with Crippen LogP contribution < -0.4 is 16.0 Å². The van der Waals surface area contributed by atoms with E-state index >= 15 is 0 Å². The van der Waals surface area contributed by atoms with Crippen molar-refractivity contribution in [3.8, 4) is 5.75 Å². The third-order valence-corrected chi connectivity index (χ3v) is 3.98. The number of ether oxygens (including phenoxy) is 1. The lowest BCUT2D eigenvalue weighted by Gasteiger charge is -2.17. The molecular weight excluding hydrogens is 282 g/mol. The topological polar surface area (TPSA) is 60.2 Å². The predicted molar refractivity (Wildman–Crippen MR) is 87.2 cm³/mol. The summed E-state index contributed by atoms with van der Waals surface area (Å²) >= 11 is 1.76. The molecule has 21 heavy (non-hydrogen) atoms. The SMILES string of the molecule is CC(C)Oc1cncc(C(CSc2ccccc2)NN)c1. The Morgan fingerprint density at radius 3 is 2.67 bits per heavy atom. The zero-order chi connectivity index (χ0) is 15.1. The molecule has 0 amide bonds. The van der Waals surface area contributed by atoms with Gasteiger partial charge in [0, 0.05) is 16.8 Å². The summed E-state index contributed by atoms with van der Waals surface area (Å²) in [5, 5.41) is 0. The van der Waals surface area contributed by atoms with Crippen molar-refractivity contribution >= 4 is 11.8 Å². The Morgan fingerprint density at radius 1 is 1.24 bits per heavy atom. The number of pyridine rings is 1. The largest absolute Gasteiger partial charge is 0.489 e. The summed E-state index contributed by atoms with van der Waals surface area (Å²) in [5.41, 5.74) is 3.88. The average Bonchev–Trinajstić information content (AvgIpc) is 2.49. The van der Waals surface area contributed by atoms with Gasteiger partial charge in [0.1, 0.15) is 5.75 Å². The molecular formula is C16H21N3OS. The van der Waals surface area contributed by atoms with Crippen LogP contribution >= 0.6 is 11.8 Å². The van der Waals surface area contributed by atoms with Crippen LogP contribution in [0.25, 0.3) is 0 Å². The van der Waals surface area contributed by atoms with E-state index in [-0.39, 0.29) is 12.1 Å². The highest BCUT2D eigenvalue weighted by molar-refractivity contribution is 7.99. The standard InChI is InChI=1S/C16H21N3OS/c1-12(2)20-14-8-13(9-18-10-14)16(19-17)11-21-15-6-4-3-5-7-15/h3-10,12,16,19H,11,17H2,1-2H3. The zero-order valence-corrected chi connectivity index (χ0v) is 13.1. The van der Waals surface area contributed by atoms with Gasteiger partial charge in [-0.25, -0.2) is 0 Å². The lowest BCUT2D eigenvalue weighted by atomic mass is 10.1. The lowest BCUT2D eigenvalue weighted by molar-refractivity contribution is 0.241. The van der Waals surface area contributed by atoms with Crippen molar-refractivity contribution in [2.45, 2.75) is 30.9 Å². The summed E-state index contributed by atoms with van der Waals surface area (Å²) in [7, 11) is 0. The van der Waals surface area contributed by atoms with Crippen molar-refractivity contribution in [2.24, 2.45) is 5.84 Å². The molecule has 1 aromatic heterocycles. The van der Waals surface area contributed by atoms with Gasteiger partial charge in [-0.3, -0.25) is 16.3 Å². The Balaban J connectivity index is 2.03. The molecule has 0 aliphatic carbocycles. The molecule has 0 saturated heterocycles. The van der Waals surface area contributed by atoms with Gasteiger partial charge in [0.15, 0.2) is 0 Å². The van der Waals surface area contributed by atoms with E-state index in [2.05, 4.69) is 22.5 Å². The van der Waals surface area contributed by atoms with Gasteiger partial charge in [-0.05, 0) is 37.6 Å². The number of nitrogens with zero attached hydrogens (tertiary/aromatic N) is 1. The van der Waals surface area contributed by atoms with Crippen LogP contribution in [0.5, 0.6) is 5.75 Å². The van der Waals surface area contributed by atoms with Gasteiger partial charge < -0.3 is 4.74 Å². The lowest BCUT2D eigenvalue weighted by Crippen LogP contribution is -2.29. The molecule has 1 aromatic carbocycles. The van der Waals surface area contributed by atoms with Crippen molar-refractivity contribution in [1.82, 2.24) is 10.4 Å². The first-order chi connectivity index (χ1) is 10.2. The van der Waals surface area contributed by atoms with Gasteiger partial charge >= 0.3 is 0 Å².